The Labute approximate surface area is 111 Å². The number of benzene rings is 1. The molecule has 0 spiro atoms. The summed E-state index contributed by atoms with van der Waals surface area (Å²) in [6.45, 7) is 3.85. The maximum atomic E-state index is 12.1. The lowest BCUT2D eigenvalue weighted by molar-refractivity contribution is -0.647. The van der Waals surface area contributed by atoms with Crippen LogP contribution in [0.5, 0.6) is 0 Å². The molecule has 0 unspecified atom stereocenters. The van der Waals surface area contributed by atoms with Crippen LogP contribution in [0.1, 0.15) is 21.6 Å². The number of pyridine rings is 1. The average molecular weight is 262 g/mol. The van der Waals surface area contributed by atoms with Crippen LogP contribution in [0.25, 0.3) is 0 Å². The number of rotatable bonds is 2. The third-order valence-corrected chi connectivity index (χ3v) is 2.97. The highest BCUT2D eigenvalue weighted by atomic mass is 35.5. The van der Waals surface area contributed by atoms with Crippen LogP contribution in [0.3, 0.4) is 0 Å². The molecule has 18 heavy (non-hydrogen) atoms. The Morgan fingerprint density at radius 2 is 2.00 bits per heavy atom. The molecule has 0 bridgehead atoms. The van der Waals surface area contributed by atoms with Gasteiger partial charge < -0.3 is 0 Å². The topological polar surface area (TPSA) is 33.0 Å². The largest absolute Gasteiger partial charge is 0.306 e. The van der Waals surface area contributed by atoms with Gasteiger partial charge in [0.25, 0.3) is 0 Å². The predicted octanol–water partition coefficient (Wildman–Crippen LogP) is 2.63. The molecule has 4 heteroatoms. The third-order valence-electron chi connectivity index (χ3n) is 2.65. The Morgan fingerprint density at radius 1 is 1.22 bits per heavy atom. The number of nitrogens with one attached hydrogen (secondary N) is 1. The van der Waals surface area contributed by atoms with Gasteiger partial charge in [0.05, 0.1) is 10.6 Å². The van der Waals surface area contributed by atoms with Crippen molar-refractivity contribution < 1.29 is 9.47 Å². The van der Waals surface area contributed by atoms with Crippen LogP contribution < -0.4 is 10.1 Å². The second-order valence-corrected chi connectivity index (χ2v) is 4.54. The van der Waals surface area contributed by atoms with Crippen molar-refractivity contribution in [3.05, 3.63) is 64.4 Å². The highest BCUT2D eigenvalue weighted by molar-refractivity contribution is 6.34. The summed E-state index contributed by atoms with van der Waals surface area (Å²) >= 11 is 6.06. The van der Waals surface area contributed by atoms with E-state index in [0.29, 0.717) is 10.6 Å². The first kappa shape index (κ1) is 12.6. The standard InChI is InChI=1S/C14H13ClN2O/c1-10-6-7-12(13(15)9-10)14(18)16-17-8-4-3-5-11(17)2/h3-9H,1-2H3/p+1. The Kier molecular flexibility index (Phi) is 3.63. The van der Waals surface area contributed by atoms with E-state index >= 15 is 0 Å². The van der Waals surface area contributed by atoms with Crippen LogP contribution in [0.2, 0.25) is 5.02 Å². The van der Waals surface area contributed by atoms with Gasteiger partial charge in [-0.2, -0.15) is 0 Å². The van der Waals surface area contributed by atoms with Gasteiger partial charge >= 0.3 is 5.91 Å². The fourth-order valence-corrected chi connectivity index (χ4v) is 1.95. The van der Waals surface area contributed by atoms with Crippen LogP contribution in [-0.2, 0) is 0 Å². The van der Waals surface area contributed by atoms with E-state index in [9.17, 15) is 4.79 Å². The van der Waals surface area contributed by atoms with Crippen molar-refractivity contribution in [3.63, 3.8) is 0 Å². The summed E-state index contributed by atoms with van der Waals surface area (Å²) in [5.41, 5.74) is 5.22. The maximum absolute atomic E-state index is 12.1. The normalized spacial score (nSPS) is 10.2. The molecule has 2 aromatic rings. The molecule has 1 heterocycles. The van der Waals surface area contributed by atoms with Crippen molar-refractivity contribution in [2.24, 2.45) is 0 Å². The number of nitrogens with zero attached hydrogens (tertiary/aromatic N) is 1. The molecule has 0 fully saturated rings. The first-order valence-electron chi connectivity index (χ1n) is 5.63. The Hall–Kier alpha value is -1.87. The van der Waals surface area contributed by atoms with Gasteiger partial charge in [0.1, 0.15) is 0 Å². The highest BCUT2D eigenvalue weighted by Crippen LogP contribution is 2.17. The molecule has 0 aliphatic heterocycles. The molecule has 1 aromatic heterocycles. The third kappa shape index (κ3) is 2.68. The number of amides is 1. The van der Waals surface area contributed by atoms with Gasteiger partial charge in [0.2, 0.25) is 5.69 Å². The monoisotopic (exact) mass is 261 g/mol. The summed E-state index contributed by atoms with van der Waals surface area (Å²) < 4.78 is 1.67. The lowest BCUT2D eigenvalue weighted by Gasteiger charge is -2.04. The molecule has 0 radical (unpaired) electrons. The molecule has 1 amide bonds. The van der Waals surface area contributed by atoms with Gasteiger partial charge in [-0.05, 0) is 30.7 Å². The number of hydrogen-bond acceptors (Lipinski definition) is 1. The zero-order valence-corrected chi connectivity index (χ0v) is 11.0. The summed E-state index contributed by atoms with van der Waals surface area (Å²) in [5, 5.41) is 0.460. The van der Waals surface area contributed by atoms with E-state index in [1.54, 1.807) is 23.0 Å². The van der Waals surface area contributed by atoms with Crippen LogP contribution in [0.4, 0.5) is 0 Å². The van der Waals surface area contributed by atoms with E-state index in [1.165, 1.54) is 0 Å². The molecule has 2 rings (SSSR count). The Morgan fingerprint density at radius 3 is 2.67 bits per heavy atom. The minimum Gasteiger partial charge on any atom is -0.263 e. The molecule has 0 saturated heterocycles. The predicted molar refractivity (Wildman–Crippen MR) is 71.3 cm³/mol. The van der Waals surface area contributed by atoms with Gasteiger partial charge in [-0.25, -0.2) is 0 Å². The lowest BCUT2D eigenvalue weighted by atomic mass is 10.1. The van der Waals surface area contributed by atoms with Crippen LogP contribution in [-0.4, -0.2) is 5.91 Å². The summed E-state index contributed by atoms with van der Waals surface area (Å²) in [6.07, 6.45) is 1.79. The first-order valence-corrected chi connectivity index (χ1v) is 6.00. The van der Waals surface area contributed by atoms with Crippen molar-refractivity contribution in [3.8, 4) is 0 Å². The summed E-state index contributed by atoms with van der Waals surface area (Å²) in [7, 11) is 0. The molecule has 0 saturated carbocycles. The number of hydrogen-bond donors (Lipinski definition) is 1. The van der Waals surface area contributed by atoms with Crippen LogP contribution in [0.15, 0.2) is 42.6 Å². The van der Waals surface area contributed by atoms with E-state index < -0.39 is 0 Å². The Bertz CT molecular complexity index is 596. The van der Waals surface area contributed by atoms with Crippen LogP contribution in [0, 0.1) is 13.8 Å². The molecular formula is C14H14ClN2O+. The minimum atomic E-state index is -0.223. The molecule has 1 aromatic carbocycles. The van der Waals surface area contributed by atoms with Gasteiger partial charge in [0.15, 0.2) is 6.20 Å². The number of halogens is 1. The fraction of sp³-hybridized carbons (Fsp3) is 0.143. The second kappa shape index (κ2) is 5.19. The minimum absolute atomic E-state index is 0.223. The molecular weight excluding hydrogens is 248 g/mol. The fourth-order valence-electron chi connectivity index (χ4n) is 1.63. The number of aryl methyl sites for hydroxylation is 2. The van der Waals surface area contributed by atoms with Crippen molar-refractivity contribution in [2.75, 3.05) is 5.43 Å². The number of carbonyl (C=O) groups excluding carboxylic acids is 1. The second-order valence-electron chi connectivity index (χ2n) is 4.14. The number of aromatic nitrogens is 1. The molecule has 92 valence electrons. The van der Waals surface area contributed by atoms with Gasteiger partial charge in [0, 0.05) is 19.1 Å². The van der Waals surface area contributed by atoms with E-state index in [2.05, 4.69) is 5.43 Å². The van der Waals surface area contributed by atoms with Crippen molar-refractivity contribution in [1.82, 2.24) is 0 Å². The maximum Gasteiger partial charge on any atom is 0.306 e. The number of carbonyl (C=O) groups is 1. The molecule has 3 nitrogen and oxygen atoms in total. The molecule has 0 atom stereocenters. The van der Waals surface area contributed by atoms with Crippen molar-refractivity contribution in [2.45, 2.75) is 13.8 Å². The van der Waals surface area contributed by atoms with Gasteiger partial charge in [-0.15, -0.1) is 5.43 Å². The summed E-state index contributed by atoms with van der Waals surface area (Å²) in [6, 6.07) is 11.0. The Balaban J connectivity index is 2.25. The lowest BCUT2D eigenvalue weighted by Crippen LogP contribution is -2.50. The zero-order valence-electron chi connectivity index (χ0n) is 10.3. The van der Waals surface area contributed by atoms with E-state index in [4.69, 9.17) is 11.6 Å². The van der Waals surface area contributed by atoms with Gasteiger partial charge in [-0.1, -0.05) is 22.3 Å². The summed E-state index contributed by atoms with van der Waals surface area (Å²) in [5.74, 6) is -0.223. The average Bonchev–Trinajstić information content (AvgIpc) is 2.32. The zero-order chi connectivity index (χ0) is 13.1. The van der Waals surface area contributed by atoms with Crippen LogP contribution >= 0.6 is 11.6 Å². The molecule has 1 N–H and O–H groups in total. The van der Waals surface area contributed by atoms with E-state index in [0.717, 1.165) is 11.3 Å². The SMILES string of the molecule is Cc1ccc(C(=O)N[n+]2ccccc2C)c(Cl)c1. The molecule has 0 aliphatic rings. The summed E-state index contributed by atoms with van der Waals surface area (Å²) in [4.78, 5) is 12.1. The van der Waals surface area contributed by atoms with Crippen molar-refractivity contribution in [1.29, 1.82) is 0 Å². The highest BCUT2D eigenvalue weighted by Gasteiger charge is 2.15. The van der Waals surface area contributed by atoms with E-state index in [1.807, 2.05) is 38.1 Å². The van der Waals surface area contributed by atoms with E-state index in [-0.39, 0.29) is 5.91 Å². The first-order chi connectivity index (χ1) is 8.58. The van der Waals surface area contributed by atoms with Gasteiger partial charge in [-0.3, -0.25) is 4.79 Å². The molecule has 0 aliphatic carbocycles. The van der Waals surface area contributed by atoms with Crippen molar-refractivity contribution >= 4 is 17.5 Å². The smallest absolute Gasteiger partial charge is 0.263 e. The quantitative estimate of drug-likeness (QED) is 0.829.